The number of aromatic nitrogens is 1. The molecule has 7 atom stereocenters. The monoisotopic (exact) mass is 838 g/mol. The number of nitrogens with zero attached hydrogens (tertiary/aromatic N) is 3. The van der Waals surface area contributed by atoms with Crippen molar-refractivity contribution in [3.63, 3.8) is 0 Å². The molecule has 4 fully saturated rings. The molecule has 13 nitrogen and oxygen atoms in total. The van der Waals surface area contributed by atoms with Gasteiger partial charge in [0.25, 0.3) is 0 Å². The van der Waals surface area contributed by atoms with Gasteiger partial charge in [-0.3, -0.25) is 23.9 Å². The molecule has 59 heavy (non-hydrogen) atoms. The number of esters is 1. The number of allylic oxidation sites excluding steroid dienone is 2. The van der Waals surface area contributed by atoms with Crippen LogP contribution >= 0.6 is 0 Å². The van der Waals surface area contributed by atoms with Crippen LogP contribution < -0.4 is 14.4 Å². The summed E-state index contributed by atoms with van der Waals surface area (Å²) in [7, 11) is -4.34. The Morgan fingerprint density at radius 2 is 1.78 bits per heavy atom. The Balaban J connectivity index is 1.22. The van der Waals surface area contributed by atoms with E-state index in [1.165, 1.54) is 4.90 Å². The number of nitrogens with one attached hydrogen (secondary N) is 1. The van der Waals surface area contributed by atoms with Gasteiger partial charge in [-0.15, -0.1) is 0 Å². The highest BCUT2D eigenvalue weighted by molar-refractivity contribution is 7.91. The first kappa shape index (κ1) is 43.0. The fraction of sp³-hybridized carbons (Fsp3) is 0.659. The molecule has 322 valence electrons. The van der Waals surface area contributed by atoms with E-state index in [1.54, 1.807) is 27.0 Å². The molecule has 2 aliphatic carbocycles. The first-order chi connectivity index (χ1) is 28.0. The maximum absolute atomic E-state index is 15.0. The molecule has 5 aliphatic rings. The normalized spacial score (nSPS) is 30.7. The number of pyridine rings is 1. The lowest BCUT2D eigenvalue weighted by Crippen LogP contribution is -2.48. The van der Waals surface area contributed by atoms with Gasteiger partial charge < -0.3 is 24.0 Å². The number of carbonyl (C=O) groups is 4. The lowest BCUT2D eigenvalue weighted by atomic mass is 9.82. The van der Waals surface area contributed by atoms with Crippen molar-refractivity contribution < 1.29 is 46.2 Å². The minimum Gasteiger partial charge on any atom is -0.472 e. The van der Waals surface area contributed by atoms with Crippen LogP contribution in [0.15, 0.2) is 42.6 Å². The van der Waals surface area contributed by atoms with Crippen molar-refractivity contribution in [1.29, 1.82) is 0 Å². The molecular weight excluding hydrogens is 780 g/mol. The van der Waals surface area contributed by atoms with Gasteiger partial charge in [0.1, 0.15) is 23.1 Å². The molecule has 1 aromatic heterocycles. The van der Waals surface area contributed by atoms with Gasteiger partial charge in [-0.2, -0.15) is 0 Å². The first-order valence-corrected chi connectivity index (χ1v) is 22.7. The minimum absolute atomic E-state index is 0.0273. The zero-order chi connectivity index (χ0) is 42.3. The number of rotatable bonds is 9. The first-order valence-electron chi connectivity index (χ1n) is 21.2. The zero-order valence-corrected chi connectivity index (χ0v) is 35.7. The van der Waals surface area contributed by atoms with Crippen LogP contribution in [0.4, 0.5) is 10.1 Å². The van der Waals surface area contributed by atoms with Gasteiger partial charge >= 0.3 is 5.97 Å². The number of ketones is 1. The number of fused-ring (bicyclic) bond motifs is 3. The van der Waals surface area contributed by atoms with E-state index >= 15 is 0 Å². The Hall–Kier alpha value is -4.11. The predicted octanol–water partition coefficient (Wildman–Crippen LogP) is 5.69. The quantitative estimate of drug-likeness (QED) is 0.244. The molecule has 0 radical (unpaired) electrons. The number of morpholine rings is 1. The number of amides is 2. The number of hydrogen-bond donors (Lipinski definition) is 1. The summed E-state index contributed by atoms with van der Waals surface area (Å²) >= 11 is 0. The average Bonchev–Trinajstić information content (AvgIpc) is 4.09. The van der Waals surface area contributed by atoms with E-state index in [0.717, 1.165) is 36.0 Å². The molecular formula is C44H59FN4O9S. The summed E-state index contributed by atoms with van der Waals surface area (Å²) in [6, 6.07) is 6.76. The van der Waals surface area contributed by atoms with E-state index in [1.807, 2.05) is 43.3 Å². The lowest BCUT2D eigenvalue weighted by Gasteiger charge is -2.32. The molecule has 2 saturated heterocycles. The minimum atomic E-state index is -4.34. The second-order valence-corrected chi connectivity index (χ2v) is 20.7. The highest BCUT2D eigenvalue weighted by atomic mass is 32.2. The van der Waals surface area contributed by atoms with Crippen LogP contribution in [0.2, 0.25) is 0 Å². The van der Waals surface area contributed by atoms with Crippen LogP contribution in [0.3, 0.4) is 0 Å². The molecule has 1 aromatic carbocycles. The van der Waals surface area contributed by atoms with Crippen molar-refractivity contribution in [3.05, 3.63) is 42.6 Å². The molecule has 2 saturated carbocycles. The lowest BCUT2D eigenvalue weighted by molar-refractivity contribution is -0.160. The highest BCUT2D eigenvalue weighted by Crippen LogP contribution is 2.58. The fourth-order valence-corrected chi connectivity index (χ4v) is 10.7. The number of Topliss-reactive ketones (excluding diaryl/α,β-unsaturated/α-hetero) is 1. The third kappa shape index (κ3) is 9.16. The molecule has 3 aliphatic heterocycles. The van der Waals surface area contributed by atoms with Crippen LogP contribution in [0.25, 0.3) is 10.8 Å². The SMILES string of the molecule is C[C@H]1CC/C=C\[C@@H]2C[C@@]2(C(=O)NS(=O)(=O)C2(CF)CC2)CC(=O)[C@@H]2C[C@@H](Oc3ncc(N4CCOCC4)c4ccccc34)CN2C(=O)[C@@H](CC(=O)OC(C)(C)C)[C@H](C)C1. The molecule has 2 aromatic rings. The van der Waals surface area contributed by atoms with Crippen molar-refractivity contribution in [1.82, 2.24) is 14.6 Å². The molecule has 4 heterocycles. The molecule has 7 rings (SSSR count). The smallest absolute Gasteiger partial charge is 0.307 e. The number of sulfonamides is 1. The van der Waals surface area contributed by atoms with Crippen LogP contribution in [0, 0.1) is 29.1 Å². The van der Waals surface area contributed by atoms with E-state index < -0.39 is 74.1 Å². The Kier molecular flexibility index (Phi) is 12.2. The second kappa shape index (κ2) is 16.7. The number of benzene rings is 1. The zero-order valence-electron chi connectivity index (χ0n) is 34.9. The van der Waals surface area contributed by atoms with Crippen molar-refractivity contribution in [3.8, 4) is 5.88 Å². The highest BCUT2D eigenvalue weighted by Gasteiger charge is 2.63. The van der Waals surface area contributed by atoms with Crippen LogP contribution in [-0.2, 0) is 38.7 Å². The van der Waals surface area contributed by atoms with E-state index in [-0.39, 0.29) is 62.8 Å². The number of ether oxygens (including phenoxy) is 3. The van der Waals surface area contributed by atoms with Gasteiger partial charge in [-0.1, -0.05) is 44.2 Å². The van der Waals surface area contributed by atoms with Gasteiger partial charge in [0.2, 0.25) is 27.7 Å². The second-order valence-electron chi connectivity index (χ2n) is 18.7. The molecule has 2 amide bonds. The van der Waals surface area contributed by atoms with Crippen LogP contribution in [0.5, 0.6) is 5.88 Å². The van der Waals surface area contributed by atoms with Crippen molar-refractivity contribution in [2.45, 2.75) is 115 Å². The number of halogens is 1. The van der Waals surface area contributed by atoms with E-state index in [2.05, 4.69) is 16.5 Å². The Labute approximate surface area is 346 Å². The average molecular weight is 839 g/mol. The molecule has 1 N–H and O–H groups in total. The summed E-state index contributed by atoms with van der Waals surface area (Å²) in [4.78, 5) is 65.6. The van der Waals surface area contributed by atoms with Crippen LogP contribution in [-0.4, -0.2) is 104 Å². The largest absolute Gasteiger partial charge is 0.472 e. The van der Waals surface area contributed by atoms with Crippen molar-refractivity contribution >= 4 is 50.1 Å². The fourth-order valence-electron chi connectivity index (χ4n) is 9.26. The summed E-state index contributed by atoms with van der Waals surface area (Å²) in [5.41, 5.74) is -1.21. The standard InChI is InChI=1S/C44H59FN4O9S/c1-28-10-6-7-11-30-23-44(30,41(53)47-59(54,55)43(27-45)14-15-43)24-37(50)35-21-31(26-49(35)40(52)34(29(2)20-28)22-38(51)58-42(3,4)5)57-39-33-13-9-8-12-32(33)36(25-46-39)48-16-18-56-19-17-48/h7-9,11-13,25,28-31,34-35H,6,10,14-24,26-27H2,1-5H3,(H,47,53)/b11-7-/t28-,29+,30+,31+,34-,35-,44+/m0/s1. The number of anilines is 1. The van der Waals surface area contributed by atoms with Crippen molar-refractivity contribution in [2.75, 3.05) is 44.4 Å². The van der Waals surface area contributed by atoms with E-state index in [4.69, 9.17) is 19.2 Å². The predicted molar refractivity (Wildman–Crippen MR) is 220 cm³/mol. The summed E-state index contributed by atoms with van der Waals surface area (Å²) in [6.45, 7) is 11.0. The molecule has 0 spiro atoms. The Morgan fingerprint density at radius 3 is 2.46 bits per heavy atom. The van der Waals surface area contributed by atoms with Gasteiger partial charge in [-0.25, -0.2) is 17.8 Å². The summed E-state index contributed by atoms with van der Waals surface area (Å²) < 4.78 is 58.9. The summed E-state index contributed by atoms with van der Waals surface area (Å²) in [5, 5.41) is 1.71. The summed E-state index contributed by atoms with van der Waals surface area (Å²) in [6.07, 6.45) is 7.12. The van der Waals surface area contributed by atoms with Gasteiger partial charge in [0, 0.05) is 36.7 Å². The van der Waals surface area contributed by atoms with Gasteiger partial charge in [0.15, 0.2) is 5.78 Å². The number of carbonyl (C=O) groups excluding carboxylic acids is 4. The van der Waals surface area contributed by atoms with Gasteiger partial charge in [0.05, 0.1) is 55.4 Å². The topological polar surface area (TPSA) is 162 Å². The van der Waals surface area contributed by atoms with E-state index in [0.29, 0.717) is 31.9 Å². The number of alkyl halides is 1. The maximum atomic E-state index is 15.0. The van der Waals surface area contributed by atoms with Crippen molar-refractivity contribution in [2.24, 2.45) is 29.1 Å². The summed E-state index contributed by atoms with van der Waals surface area (Å²) in [5.74, 6) is -3.06. The number of hydrogen-bond acceptors (Lipinski definition) is 11. The van der Waals surface area contributed by atoms with E-state index in [9.17, 15) is 32.0 Å². The maximum Gasteiger partial charge on any atom is 0.307 e. The van der Waals surface area contributed by atoms with Gasteiger partial charge in [-0.05, 0) is 83.1 Å². The third-order valence-electron chi connectivity index (χ3n) is 13.0. The Morgan fingerprint density at radius 1 is 1.07 bits per heavy atom. The third-order valence-corrected chi connectivity index (χ3v) is 15.1. The Bertz CT molecular complexity index is 2080. The van der Waals surface area contributed by atoms with Crippen LogP contribution in [0.1, 0.15) is 92.4 Å². The molecule has 0 unspecified atom stereocenters. The molecule has 15 heteroatoms. The molecule has 0 bridgehead atoms.